The third kappa shape index (κ3) is 3.29. The van der Waals surface area contributed by atoms with Crippen molar-refractivity contribution >= 4 is 33.0 Å². The van der Waals surface area contributed by atoms with Crippen molar-refractivity contribution < 1.29 is 18.4 Å². The highest BCUT2D eigenvalue weighted by molar-refractivity contribution is 7.92. The third-order valence-electron chi connectivity index (χ3n) is 2.88. The summed E-state index contributed by atoms with van der Waals surface area (Å²) in [5, 5.41) is 20.2. The van der Waals surface area contributed by atoms with Gasteiger partial charge in [-0.1, -0.05) is 17.7 Å². The fourth-order valence-electron chi connectivity index (χ4n) is 1.74. The summed E-state index contributed by atoms with van der Waals surface area (Å²) in [5.41, 5.74) is 0.300. The molecule has 116 valence electrons. The Hall–Kier alpha value is -2.32. The van der Waals surface area contributed by atoms with Crippen LogP contribution in [0.15, 0.2) is 41.3 Å². The van der Waals surface area contributed by atoms with Crippen molar-refractivity contribution in [3.8, 4) is 5.75 Å². The van der Waals surface area contributed by atoms with Crippen molar-refractivity contribution in [2.75, 3.05) is 4.72 Å². The second-order valence-corrected chi connectivity index (χ2v) is 6.57. The molecule has 0 spiro atoms. The fourth-order valence-corrected chi connectivity index (χ4v) is 3.07. The van der Waals surface area contributed by atoms with Gasteiger partial charge in [0.1, 0.15) is 5.75 Å². The number of aromatic hydroxyl groups is 1. The van der Waals surface area contributed by atoms with E-state index in [1.165, 1.54) is 30.3 Å². The molecular weight excluding hydrogens is 332 g/mol. The maximum atomic E-state index is 12.3. The van der Waals surface area contributed by atoms with Gasteiger partial charge in [-0.15, -0.1) is 0 Å². The van der Waals surface area contributed by atoms with Crippen molar-refractivity contribution in [3.63, 3.8) is 0 Å². The van der Waals surface area contributed by atoms with Crippen LogP contribution in [0.3, 0.4) is 0 Å². The predicted molar refractivity (Wildman–Crippen MR) is 81.8 cm³/mol. The van der Waals surface area contributed by atoms with Gasteiger partial charge in [0, 0.05) is 12.1 Å². The predicted octanol–water partition coefficient (Wildman–Crippen LogP) is 3.06. The maximum absolute atomic E-state index is 12.3. The number of phenolic OH excluding ortho intramolecular Hbond substituents is 1. The van der Waals surface area contributed by atoms with E-state index in [2.05, 4.69) is 4.72 Å². The van der Waals surface area contributed by atoms with Crippen molar-refractivity contribution in [2.45, 2.75) is 11.8 Å². The molecule has 0 saturated heterocycles. The Kier molecular flexibility index (Phi) is 4.25. The average molecular weight is 343 g/mol. The first-order valence-electron chi connectivity index (χ1n) is 5.97. The molecule has 0 radical (unpaired) electrons. The summed E-state index contributed by atoms with van der Waals surface area (Å²) in [4.78, 5) is 9.80. The van der Waals surface area contributed by atoms with Crippen LogP contribution in [0.4, 0.5) is 11.4 Å². The second kappa shape index (κ2) is 5.82. The summed E-state index contributed by atoms with van der Waals surface area (Å²) in [6.07, 6.45) is 0. The molecule has 0 atom stereocenters. The highest BCUT2D eigenvalue weighted by Gasteiger charge is 2.19. The molecule has 0 bridgehead atoms. The Morgan fingerprint density at radius 2 is 1.95 bits per heavy atom. The number of nitrogens with zero attached hydrogens (tertiary/aromatic N) is 1. The van der Waals surface area contributed by atoms with Gasteiger partial charge in [-0.05, 0) is 30.7 Å². The average Bonchev–Trinajstić information content (AvgIpc) is 2.44. The third-order valence-corrected chi connectivity index (χ3v) is 4.54. The molecule has 0 aliphatic rings. The van der Waals surface area contributed by atoms with Crippen LogP contribution >= 0.6 is 11.6 Å². The number of aryl methyl sites for hydroxylation is 1. The lowest BCUT2D eigenvalue weighted by molar-refractivity contribution is -0.385. The molecule has 0 unspecified atom stereocenters. The molecule has 0 aromatic heterocycles. The van der Waals surface area contributed by atoms with Crippen LogP contribution in [0.25, 0.3) is 0 Å². The van der Waals surface area contributed by atoms with Gasteiger partial charge in [0.25, 0.3) is 15.7 Å². The van der Waals surface area contributed by atoms with Gasteiger partial charge >= 0.3 is 0 Å². The summed E-state index contributed by atoms with van der Waals surface area (Å²) < 4.78 is 26.9. The number of benzene rings is 2. The number of nitro benzene ring substituents is 1. The van der Waals surface area contributed by atoms with Crippen LogP contribution in [-0.4, -0.2) is 18.4 Å². The van der Waals surface area contributed by atoms with E-state index < -0.39 is 14.9 Å². The van der Waals surface area contributed by atoms with Crippen molar-refractivity contribution in [1.29, 1.82) is 0 Å². The molecule has 0 aliphatic carbocycles. The molecule has 2 aromatic carbocycles. The summed E-state index contributed by atoms with van der Waals surface area (Å²) in [6, 6.07) is 7.26. The zero-order valence-electron chi connectivity index (χ0n) is 11.3. The molecular formula is C13H11ClN2O5S. The monoisotopic (exact) mass is 342 g/mol. The number of nitro groups is 1. The van der Waals surface area contributed by atoms with Gasteiger partial charge in [-0.2, -0.15) is 0 Å². The first-order valence-corrected chi connectivity index (χ1v) is 7.83. The topological polar surface area (TPSA) is 110 Å². The largest absolute Gasteiger partial charge is 0.506 e. The van der Waals surface area contributed by atoms with E-state index in [4.69, 9.17) is 11.6 Å². The van der Waals surface area contributed by atoms with E-state index in [1.54, 1.807) is 6.92 Å². The van der Waals surface area contributed by atoms with Crippen molar-refractivity contribution in [1.82, 2.24) is 0 Å². The highest BCUT2D eigenvalue weighted by Crippen LogP contribution is 2.31. The lowest BCUT2D eigenvalue weighted by atomic mass is 10.2. The Morgan fingerprint density at radius 1 is 1.27 bits per heavy atom. The Balaban J connectivity index is 2.42. The summed E-state index contributed by atoms with van der Waals surface area (Å²) in [5.74, 6) is -0.169. The fraction of sp³-hybridized carbons (Fsp3) is 0.0769. The molecule has 2 aromatic rings. The standard InChI is InChI=1S/C13H11ClN2O5S/c1-8-5-13(17)11(14)7-12(8)15-22(20,21)10-4-2-3-9(6-10)16(18)19/h2-7,15,17H,1H3. The van der Waals surface area contributed by atoms with E-state index in [-0.39, 0.29) is 27.0 Å². The number of anilines is 1. The van der Waals surface area contributed by atoms with E-state index in [1.807, 2.05) is 0 Å². The number of halogens is 1. The minimum atomic E-state index is -4.02. The number of hydrogen-bond donors (Lipinski definition) is 2. The lowest BCUT2D eigenvalue weighted by Crippen LogP contribution is -2.14. The second-order valence-electron chi connectivity index (χ2n) is 4.48. The van der Waals surface area contributed by atoms with E-state index >= 15 is 0 Å². The summed E-state index contributed by atoms with van der Waals surface area (Å²) in [6.45, 7) is 1.58. The Labute approximate surface area is 131 Å². The van der Waals surface area contributed by atoms with Gasteiger partial charge in [-0.25, -0.2) is 8.42 Å². The molecule has 22 heavy (non-hydrogen) atoms. The number of non-ortho nitro benzene ring substituents is 1. The molecule has 9 heteroatoms. The minimum Gasteiger partial charge on any atom is -0.506 e. The van der Waals surface area contributed by atoms with E-state index in [9.17, 15) is 23.6 Å². The zero-order valence-corrected chi connectivity index (χ0v) is 12.9. The molecule has 0 aliphatic heterocycles. The number of hydrogen-bond acceptors (Lipinski definition) is 5. The van der Waals surface area contributed by atoms with Crippen LogP contribution in [0, 0.1) is 17.0 Å². The Morgan fingerprint density at radius 3 is 2.59 bits per heavy atom. The molecule has 2 rings (SSSR count). The van der Waals surface area contributed by atoms with Gasteiger partial charge in [0.05, 0.1) is 20.5 Å². The molecule has 0 heterocycles. The molecule has 0 amide bonds. The minimum absolute atomic E-state index is 0.0117. The lowest BCUT2D eigenvalue weighted by Gasteiger charge is -2.11. The summed E-state index contributed by atoms with van der Waals surface area (Å²) >= 11 is 5.75. The number of rotatable bonds is 4. The number of sulfonamides is 1. The van der Waals surface area contributed by atoms with Crippen LogP contribution in [-0.2, 0) is 10.0 Å². The molecule has 2 N–H and O–H groups in total. The quantitative estimate of drug-likeness (QED) is 0.504. The van der Waals surface area contributed by atoms with Gasteiger partial charge in [0.2, 0.25) is 0 Å². The first kappa shape index (κ1) is 16.1. The zero-order chi connectivity index (χ0) is 16.5. The number of phenols is 1. The molecule has 0 fully saturated rings. The van der Waals surface area contributed by atoms with Gasteiger partial charge < -0.3 is 5.11 Å². The van der Waals surface area contributed by atoms with Crippen LogP contribution in [0.5, 0.6) is 5.75 Å². The SMILES string of the molecule is Cc1cc(O)c(Cl)cc1NS(=O)(=O)c1cccc([N+](=O)[O-])c1. The highest BCUT2D eigenvalue weighted by atomic mass is 35.5. The smallest absolute Gasteiger partial charge is 0.270 e. The van der Waals surface area contributed by atoms with E-state index in [0.29, 0.717) is 5.56 Å². The van der Waals surface area contributed by atoms with E-state index in [0.717, 1.165) is 6.07 Å². The van der Waals surface area contributed by atoms with Gasteiger partial charge in [0.15, 0.2) is 0 Å². The van der Waals surface area contributed by atoms with Crippen LogP contribution in [0.1, 0.15) is 5.56 Å². The van der Waals surface area contributed by atoms with Crippen LogP contribution < -0.4 is 4.72 Å². The van der Waals surface area contributed by atoms with Crippen LogP contribution in [0.2, 0.25) is 5.02 Å². The van der Waals surface area contributed by atoms with Gasteiger partial charge in [-0.3, -0.25) is 14.8 Å². The molecule has 7 nitrogen and oxygen atoms in total. The first-order chi connectivity index (χ1) is 10.2. The summed E-state index contributed by atoms with van der Waals surface area (Å²) in [7, 11) is -4.02. The Bertz CT molecular complexity index is 852. The van der Waals surface area contributed by atoms with Crippen molar-refractivity contribution in [3.05, 3.63) is 57.1 Å². The normalized spacial score (nSPS) is 11.2. The van der Waals surface area contributed by atoms with Crippen molar-refractivity contribution in [2.24, 2.45) is 0 Å². The molecule has 0 saturated carbocycles. The number of nitrogens with one attached hydrogen (secondary N) is 1. The maximum Gasteiger partial charge on any atom is 0.270 e.